The number of aromatic amines is 1. The second-order valence-electron chi connectivity index (χ2n) is 14.5. The summed E-state index contributed by atoms with van der Waals surface area (Å²) in [4.78, 5) is 60.5. The number of halogens is 1. The third-order valence-corrected chi connectivity index (χ3v) is 10.8. The number of allylic oxidation sites excluding steroid dienone is 2. The van der Waals surface area contributed by atoms with Crippen molar-refractivity contribution in [2.45, 2.75) is 46.0 Å². The molecule has 4 heterocycles. The molecule has 0 saturated carbocycles. The SMILES string of the molecule is C=C/C(=C\C(=C)O)OC.CC.NCC(=O)N1CCN(CC2CCN(CC(=O)N3CCN(C(=O)c4cc(Cc5n[nH]c(=O)c6c5=CCCC=6)ccc4F)CC3)CC2)CC1. The highest BCUT2D eigenvalue weighted by Gasteiger charge is 2.30. The highest BCUT2D eigenvalue weighted by Crippen LogP contribution is 2.20. The summed E-state index contributed by atoms with van der Waals surface area (Å²) >= 11 is 0. The number of benzene rings is 1. The number of methoxy groups -OCH3 is 1. The van der Waals surface area contributed by atoms with Crippen molar-refractivity contribution in [1.29, 1.82) is 0 Å². The normalized spacial score (nSPS) is 17.6. The standard InChI is InChI=1S/C34H45FN8O4.C7H10O2.C2H6/c35-29-6-5-25(20-30-26-3-1-2-4-27(26)33(46)38-37-30)19-28(29)34(47)43-17-15-42(16-18-43)32(45)23-39-9-7-24(8-10-39)22-40-11-13-41(14-12-40)31(44)21-36;1-4-7(9-3)5-6(2)8;1-2/h3-6,19,24H,1-2,7-18,20-23,36H2,(H,38,46);4-5,8H,1-2H2,3H3;1-2H3/b;7-5+;. The summed E-state index contributed by atoms with van der Waals surface area (Å²) in [7, 11) is 1.50. The number of amides is 3. The second kappa shape index (κ2) is 22.7. The summed E-state index contributed by atoms with van der Waals surface area (Å²) in [5.74, 6) is 0.165. The van der Waals surface area contributed by atoms with E-state index in [1.54, 1.807) is 17.0 Å². The minimum Gasteiger partial charge on any atom is -0.508 e. The van der Waals surface area contributed by atoms with E-state index in [0.717, 1.165) is 82.3 Å². The Bertz CT molecular complexity index is 1960. The van der Waals surface area contributed by atoms with Gasteiger partial charge < -0.3 is 30.3 Å². The number of piperazine rings is 2. The predicted octanol–water partition coefficient (Wildman–Crippen LogP) is 1.75. The van der Waals surface area contributed by atoms with Crippen molar-refractivity contribution < 1.29 is 28.6 Å². The predicted molar refractivity (Wildman–Crippen MR) is 224 cm³/mol. The van der Waals surface area contributed by atoms with Crippen molar-refractivity contribution in [2.75, 3.05) is 92.2 Å². The molecule has 4 aliphatic rings. The molecule has 0 unspecified atom stereocenters. The molecule has 2 aromatic rings. The maximum absolute atomic E-state index is 14.9. The molecular formula is C43H61FN8O6. The zero-order chi connectivity index (χ0) is 42.2. The van der Waals surface area contributed by atoms with Gasteiger partial charge in [-0.1, -0.05) is 45.2 Å². The van der Waals surface area contributed by atoms with Crippen LogP contribution in [-0.2, 0) is 20.7 Å². The number of nitrogens with one attached hydrogen (secondary N) is 1. The van der Waals surface area contributed by atoms with E-state index in [1.165, 1.54) is 25.3 Å². The first kappa shape index (κ1) is 45.6. The van der Waals surface area contributed by atoms with Gasteiger partial charge in [0, 0.05) is 81.8 Å². The highest BCUT2D eigenvalue weighted by molar-refractivity contribution is 5.95. The van der Waals surface area contributed by atoms with Crippen molar-refractivity contribution in [3.63, 3.8) is 0 Å². The number of nitrogens with zero attached hydrogens (tertiary/aromatic N) is 6. The van der Waals surface area contributed by atoms with Crippen LogP contribution in [0.4, 0.5) is 4.39 Å². The average Bonchev–Trinajstić information content (AvgIpc) is 3.25. The quantitative estimate of drug-likeness (QED) is 0.225. The molecule has 4 N–H and O–H groups in total. The van der Waals surface area contributed by atoms with E-state index in [9.17, 15) is 23.6 Å². The lowest BCUT2D eigenvalue weighted by Gasteiger charge is -2.39. The number of aliphatic hydroxyl groups excluding tert-OH is 1. The van der Waals surface area contributed by atoms with Crippen molar-refractivity contribution >= 4 is 29.9 Å². The van der Waals surface area contributed by atoms with Crippen molar-refractivity contribution in [3.05, 3.63) is 98.5 Å². The van der Waals surface area contributed by atoms with E-state index in [2.05, 4.69) is 33.2 Å². The number of carbonyl (C=O) groups is 3. The molecule has 0 spiro atoms. The maximum Gasteiger partial charge on any atom is 0.271 e. The van der Waals surface area contributed by atoms with E-state index in [0.29, 0.717) is 61.7 Å². The summed E-state index contributed by atoms with van der Waals surface area (Å²) in [5.41, 5.74) is 6.69. The zero-order valence-corrected chi connectivity index (χ0v) is 34.4. The van der Waals surface area contributed by atoms with Crippen LogP contribution in [0.15, 0.2) is 59.8 Å². The van der Waals surface area contributed by atoms with Gasteiger partial charge >= 0.3 is 0 Å². The molecule has 58 heavy (non-hydrogen) atoms. The molecule has 14 nitrogen and oxygen atoms in total. The van der Waals surface area contributed by atoms with Gasteiger partial charge in [-0.05, 0) is 68.5 Å². The first-order valence-electron chi connectivity index (χ1n) is 20.3. The number of fused-ring (bicyclic) bond motifs is 1. The van der Waals surface area contributed by atoms with Crippen LogP contribution < -0.4 is 21.7 Å². The summed E-state index contributed by atoms with van der Waals surface area (Å²) in [6.45, 7) is 18.7. The van der Waals surface area contributed by atoms with Crippen molar-refractivity contribution in [2.24, 2.45) is 11.7 Å². The molecule has 1 aromatic heterocycles. The number of likely N-dealkylation sites (tertiary alicyclic amines) is 1. The molecule has 0 atom stereocenters. The highest BCUT2D eigenvalue weighted by atomic mass is 19.1. The Morgan fingerprint density at radius 1 is 0.931 bits per heavy atom. The van der Waals surface area contributed by atoms with Crippen molar-refractivity contribution in [1.82, 2.24) is 34.7 Å². The summed E-state index contributed by atoms with van der Waals surface area (Å²) < 4.78 is 19.6. The summed E-state index contributed by atoms with van der Waals surface area (Å²) in [5, 5.41) is 16.8. The number of hydrogen-bond acceptors (Lipinski definition) is 10. The molecular weight excluding hydrogens is 744 g/mol. The summed E-state index contributed by atoms with van der Waals surface area (Å²) in [6.07, 6.45) is 10.8. The fourth-order valence-electron chi connectivity index (χ4n) is 7.56. The van der Waals surface area contributed by atoms with E-state index < -0.39 is 5.82 Å². The molecule has 1 aliphatic carbocycles. The van der Waals surface area contributed by atoms with Crippen LogP contribution in [0.5, 0.6) is 0 Å². The van der Waals surface area contributed by atoms with Crippen LogP contribution in [0.2, 0.25) is 0 Å². The second-order valence-corrected chi connectivity index (χ2v) is 14.5. The number of ether oxygens (including phenoxy) is 1. The maximum atomic E-state index is 14.9. The van der Waals surface area contributed by atoms with Crippen LogP contribution in [-0.4, -0.2) is 150 Å². The number of rotatable bonds is 11. The van der Waals surface area contributed by atoms with Gasteiger partial charge in [-0.2, -0.15) is 5.10 Å². The minimum atomic E-state index is -0.582. The van der Waals surface area contributed by atoms with Gasteiger partial charge in [0.1, 0.15) is 17.3 Å². The van der Waals surface area contributed by atoms with Crippen LogP contribution in [0.25, 0.3) is 12.2 Å². The third-order valence-electron chi connectivity index (χ3n) is 10.8. The number of nitrogens with two attached hydrogens (primary N) is 1. The molecule has 3 fully saturated rings. The Hall–Kier alpha value is -5.12. The van der Waals surface area contributed by atoms with Gasteiger partial charge in [0.05, 0.1) is 31.5 Å². The van der Waals surface area contributed by atoms with Crippen molar-refractivity contribution in [3.8, 4) is 0 Å². The largest absolute Gasteiger partial charge is 0.508 e. The third kappa shape index (κ3) is 12.7. The molecule has 6 rings (SSSR count). The molecule has 1 aromatic carbocycles. The fourth-order valence-corrected chi connectivity index (χ4v) is 7.56. The number of hydrogen-bond donors (Lipinski definition) is 3. The molecule has 3 saturated heterocycles. The number of piperidine rings is 1. The first-order chi connectivity index (χ1) is 28.0. The minimum absolute atomic E-state index is 0.00455. The Labute approximate surface area is 340 Å². The molecule has 316 valence electrons. The van der Waals surface area contributed by atoms with E-state index >= 15 is 0 Å². The number of aromatic nitrogens is 2. The van der Waals surface area contributed by atoms with Crippen LogP contribution >= 0.6 is 0 Å². The van der Waals surface area contributed by atoms with E-state index in [4.69, 9.17) is 15.6 Å². The number of aliphatic hydroxyl groups is 1. The average molecular weight is 805 g/mol. The van der Waals surface area contributed by atoms with Crippen LogP contribution in [0.3, 0.4) is 0 Å². The molecule has 0 bridgehead atoms. The fraction of sp³-hybridized carbons (Fsp3) is 0.512. The van der Waals surface area contributed by atoms with Gasteiger partial charge in [-0.15, -0.1) is 0 Å². The first-order valence-corrected chi connectivity index (χ1v) is 20.3. The van der Waals surface area contributed by atoms with Gasteiger partial charge in [-0.3, -0.25) is 29.0 Å². The lowest BCUT2D eigenvalue weighted by molar-refractivity contribution is -0.134. The smallest absolute Gasteiger partial charge is 0.271 e. The number of H-pyrrole nitrogens is 1. The Balaban J connectivity index is 0.000000599. The monoisotopic (exact) mass is 804 g/mol. The van der Waals surface area contributed by atoms with Gasteiger partial charge in [-0.25, -0.2) is 9.49 Å². The molecule has 3 amide bonds. The topological polar surface area (TPSA) is 169 Å². The van der Waals surface area contributed by atoms with E-state index in [-0.39, 0.29) is 41.1 Å². The van der Waals surface area contributed by atoms with Gasteiger partial charge in [0.15, 0.2) is 0 Å². The zero-order valence-electron chi connectivity index (χ0n) is 34.4. The van der Waals surface area contributed by atoms with Crippen LogP contribution in [0.1, 0.15) is 61.1 Å². The lowest BCUT2D eigenvalue weighted by atomic mass is 9.96. The van der Waals surface area contributed by atoms with Crippen LogP contribution in [0, 0.1) is 11.7 Å². The molecule has 3 aliphatic heterocycles. The number of carbonyl (C=O) groups excluding carboxylic acids is 3. The Kier molecular flexibility index (Phi) is 17.9. The van der Waals surface area contributed by atoms with Gasteiger partial charge in [0.25, 0.3) is 11.5 Å². The Morgan fingerprint density at radius 3 is 2.12 bits per heavy atom. The van der Waals surface area contributed by atoms with E-state index in [1.807, 2.05) is 35.8 Å². The summed E-state index contributed by atoms with van der Waals surface area (Å²) in [6, 6.07) is 4.53. The molecule has 0 radical (unpaired) electrons. The molecule has 15 heteroatoms. The van der Waals surface area contributed by atoms with Gasteiger partial charge in [0.2, 0.25) is 11.8 Å². The Morgan fingerprint density at radius 2 is 1.53 bits per heavy atom. The lowest BCUT2D eigenvalue weighted by Crippen LogP contribution is -2.53.